The van der Waals surface area contributed by atoms with Gasteiger partial charge in [-0.05, 0) is 55.5 Å². The van der Waals surface area contributed by atoms with Gasteiger partial charge >= 0.3 is 0 Å². The Labute approximate surface area is 195 Å². The molecule has 4 aromatic rings. The SMILES string of the molecule is COc1ccc(-c2nnc(SCC(=O)NN=Cc3ccccn3)n2-c2ccc(C)cc2)cc1. The minimum atomic E-state index is -0.253. The van der Waals surface area contributed by atoms with E-state index in [1.165, 1.54) is 18.0 Å². The van der Waals surface area contributed by atoms with Crippen LogP contribution in [0.3, 0.4) is 0 Å². The Morgan fingerprint density at radius 2 is 1.88 bits per heavy atom. The first kappa shape index (κ1) is 22.2. The van der Waals surface area contributed by atoms with Crippen LogP contribution in [0.5, 0.6) is 5.75 Å². The van der Waals surface area contributed by atoms with E-state index >= 15 is 0 Å². The van der Waals surface area contributed by atoms with Crippen LogP contribution in [0.2, 0.25) is 0 Å². The quantitative estimate of drug-likeness (QED) is 0.245. The van der Waals surface area contributed by atoms with E-state index in [1.54, 1.807) is 19.4 Å². The molecule has 0 aliphatic rings. The van der Waals surface area contributed by atoms with Crippen LogP contribution in [0.4, 0.5) is 0 Å². The monoisotopic (exact) mass is 458 g/mol. The molecule has 9 heteroatoms. The molecule has 166 valence electrons. The third-order valence-corrected chi connectivity index (χ3v) is 5.61. The van der Waals surface area contributed by atoms with Crippen LogP contribution in [0.15, 0.2) is 83.2 Å². The number of benzene rings is 2. The predicted molar refractivity (Wildman–Crippen MR) is 129 cm³/mol. The second kappa shape index (κ2) is 10.6. The number of methoxy groups -OCH3 is 1. The van der Waals surface area contributed by atoms with Gasteiger partial charge in [-0.15, -0.1) is 10.2 Å². The summed E-state index contributed by atoms with van der Waals surface area (Å²) in [6.07, 6.45) is 3.16. The molecule has 0 aliphatic carbocycles. The van der Waals surface area contributed by atoms with Crippen molar-refractivity contribution >= 4 is 23.9 Å². The Balaban J connectivity index is 1.53. The van der Waals surface area contributed by atoms with E-state index in [4.69, 9.17) is 4.74 Å². The Kier molecular flexibility index (Phi) is 7.11. The van der Waals surface area contributed by atoms with E-state index in [0.29, 0.717) is 16.7 Å². The lowest BCUT2D eigenvalue weighted by Gasteiger charge is -2.11. The van der Waals surface area contributed by atoms with Gasteiger partial charge in [-0.25, -0.2) is 5.43 Å². The van der Waals surface area contributed by atoms with Gasteiger partial charge in [0.15, 0.2) is 11.0 Å². The molecule has 2 aromatic carbocycles. The minimum absolute atomic E-state index is 0.131. The normalized spacial score (nSPS) is 11.0. The zero-order chi connectivity index (χ0) is 23.0. The molecule has 0 bridgehead atoms. The maximum Gasteiger partial charge on any atom is 0.250 e. The lowest BCUT2D eigenvalue weighted by Crippen LogP contribution is -2.20. The summed E-state index contributed by atoms with van der Waals surface area (Å²) in [5, 5.41) is 13.3. The maximum atomic E-state index is 12.3. The Hall–Kier alpha value is -3.98. The van der Waals surface area contributed by atoms with Gasteiger partial charge < -0.3 is 4.74 Å². The minimum Gasteiger partial charge on any atom is -0.497 e. The third-order valence-electron chi connectivity index (χ3n) is 4.68. The van der Waals surface area contributed by atoms with Crippen LogP contribution in [0, 0.1) is 6.92 Å². The summed E-state index contributed by atoms with van der Waals surface area (Å²) in [6, 6.07) is 21.2. The van der Waals surface area contributed by atoms with Crippen molar-refractivity contribution in [3.63, 3.8) is 0 Å². The van der Waals surface area contributed by atoms with E-state index in [1.807, 2.05) is 72.2 Å². The van der Waals surface area contributed by atoms with E-state index in [0.717, 1.165) is 22.6 Å². The molecule has 0 radical (unpaired) electrons. The number of ether oxygens (including phenoxy) is 1. The topological polar surface area (TPSA) is 94.3 Å². The fraction of sp³-hybridized carbons (Fsp3) is 0.125. The molecule has 1 amide bonds. The molecule has 2 heterocycles. The number of nitrogens with zero attached hydrogens (tertiary/aromatic N) is 5. The number of aromatic nitrogens is 4. The van der Waals surface area contributed by atoms with Gasteiger partial charge in [-0.1, -0.05) is 35.5 Å². The summed E-state index contributed by atoms with van der Waals surface area (Å²) in [6.45, 7) is 2.03. The number of hydrazone groups is 1. The summed E-state index contributed by atoms with van der Waals surface area (Å²) in [4.78, 5) is 16.4. The van der Waals surface area contributed by atoms with Crippen molar-refractivity contribution in [1.29, 1.82) is 0 Å². The second-order valence-corrected chi connectivity index (χ2v) is 7.98. The van der Waals surface area contributed by atoms with Gasteiger partial charge in [0.1, 0.15) is 5.75 Å². The van der Waals surface area contributed by atoms with Crippen molar-refractivity contribution in [3.05, 3.63) is 84.2 Å². The van der Waals surface area contributed by atoms with Crippen LogP contribution < -0.4 is 10.2 Å². The van der Waals surface area contributed by atoms with E-state index in [-0.39, 0.29) is 11.7 Å². The van der Waals surface area contributed by atoms with Crippen LogP contribution in [0.25, 0.3) is 17.1 Å². The molecule has 0 saturated heterocycles. The molecule has 0 aliphatic heterocycles. The first-order valence-electron chi connectivity index (χ1n) is 10.2. The van der Waals surface area contributed by atoms with Gasteiger partial charge in [0.05, 0.1) is 24.8 Å². The third kappa shape index (κ3) is 5.64. The fourth-order valence-electron chi connectivity index (χ4n) is 3.00. The standard InChI is InChI=1S/C24H22N6O2S/c1-17-6-10-20(11-7-17)30-23(18-8-12-21(32-2)13-9-18)28-29-24(30)33-16-22(31)27-26-15-19-5-3-4-14-25-19/h3-15H,16H2,1-2H3,(H,27,31). The van der Waals surface area contributed by atoms with Crippen molar-refractivity contribution in [1.82, 2.24) is 25.2 Å². The number of pyridine rings is 1. The largest absolute Gasteiger partial charge is 0.497 e. The highest BCUT2D eigenvalue weighted by Gasteiger charge is 2.17. The number of carbonyl (C=O) groups is 1. The van der Waals surface area contributed by atoms with Crippen molar-refractivity contribution in [2.45, 2.75) is 12.1 Å². The summed E-state index contributed by atoms with van der Waals surface area (Å²) in [5.41, 5.74) is 6.13. The number of hydrogen-bond acceptors (Lipinski definition) is 7. The highest BCUT2D eigenvalue weighted by atomic mass is 32.2. The molecule has 0 fully saturated rings. The number of rotatable bonds is 8. The molecule has 1 N–H and O–H groups in total. The fourth-order valence-corrected chi connectivity index (χ4v) is 3.75. The first-order chi connectivity index (χ1) is 16.1. The molecule has 0 saturated carbocycles. The molecular formula is C24H22N6O2S. The number of amides is 1. The van der Waals surface area contributed by atoms with Gasteiger partial charge in [0.2, 0.25) is 0 Å². The van der Waals surface area contributed by atoms with Crippen molar-refractivity contribution in [2.75, 3.05) is 12.9 Å². The zero-order valence-corrected chi connectivity index (χ0v) is 19.0. The maximum absolute atomic E-state index is 12.3. The summed E-state index contributed by atoms with van der Waals surface area (Å²) in [5.74, 6) is 1.32. The van der Waals surface area contributed by atoms with E-state index < -0.39 is 0 Å². The van der Waals surface area contributed by atoms with E-state index in [9.17, 15) is 4.79 Å². The summed E-state index contributed by atoms with van der Waals surface area (Å²) < 4.78 is 7.20. The average molecular weight is 459 g/mol. The number of hydrogen-bond donors (Lipinski definition) is 1. The lowest BCUT2D eigenvalue weighted by atomic mass is 10.2. The summed E-state index contributed by atoms with van der Waals surface area (Å²) in [7, 11) is 1.63. The molecule has 0 spiro atoms. The highest BCUT2D eigenvalue weighted by molar-refractivity contribution is 7.99. The van der Waals surface area contributed by atoms with Crippen LogP contribution in [-0.4, -0.2) is 44.7 Å². The first-order valence-corrected chi connectivity index (χ1v) is 11.2. The molecule has 0 atom stereocenters. The number of carbonyl (C=O) groups excluding carboxylic acids is 1. The molecule has 2 aromatic heterocycles. The Bertz CT molecular complexity index is 1240. The van der Waals surface area contributed by atoms with Gasteiger partial charge in [0, 0.05) is 17.4 Å². The molecular weight excluding hydrogens is 436 g/mol. The highest BCUT2D eigenvalue weighted by Crippen LogP contribution is 2.29. The van der Waals surface area contributed by atoms with Crippen molar-refractivity contribution in [2.24, 2.45) is 5.10 Å². The zero-order valence-electron chi connectivity index (χ0n) is 18.2. The number of thioether (sulfide) groups is 1. The number of aryl methyl sites for hydroxylation is 1. The number of nitrogens with one attached hydrogen (secondary N) is 1. The molecule has 8 nitrogen and oxygen atoms in total. The lowest BCUT2D eigenvalue weighted by molar-refractivity contribution is -0.118. The van der Waals surface area contributed by atoms with Gasteiger partial charge in [0.25, 0.3) is 5.91 Å². The smallest absolute Gasteiger partial charge is 0.250 e. The second-order valence-electron chi connectivity index (χ2n) is 7.04. The Morgan fingerprint density at radius 1 is 1.09 bits per heavy atom. The van der Waals surface area contributed by atoms with Crippen LogP contribution >= 0.6 is 11.8 Å². The Morgan fingerprint density at radius 3 is 2.58 bits per heavy atom. The van der Waals surface area contributed by atoms with Crippen molar-refractivity contribution < 1.29 is 9.53 Å². The van der Waals surface area contributed by atoms with Crippen LogP contribution in [0.1, 0.15) is 11.3 Å². The molecule has 33 heavy (non-hydrogen) atoms. The molecule has 4 rings (SSSR count). The van der Waals surface area contributed by atoms with Crippen LogP contribution in [-0.2, 0) is 4.79 Å². The summed E-state index contributed by atoms with van der Waals surface area (Å²) >= 11 is 1.29. The predicted octanol–water partition coefficient (Wildman–Crippen LogP) is 3.89. The van der Waals surface area contributed by atoms with Gasteiger partial charge in [-0.2, -0.15) is 5.10 Å². The van der Waals surface area contributed by atoms with Crippen molar-refractivity contribution in [3.8, 4) is 22.8 Å². The average Bonchev–Trinajstić information content (AvgIpc) is 3.28. The van der Waals surface area contributed by atoms with Gasteiger partial charge in [-0.3, -0.25) is 14.3 Å². The van der Waals surface area contributed by atoms with E-state index in [2.05, 4.69) is 25.7 Å². The molecule has 0 unspecified atom stereocenters.